The van der Waals surface area contributed by atoms with E-state index in [-0.39, 0.29) is 37.2 Å². The zero-order valence-electron chi connectivity index (χ0n) is 29.3. The molecular weight excluding hydrogens is 656 g/mol. The highest BCUT2D eigenvalue weighted by Gasteiger charge is 2.28. The summed E-state index contributed by atoms with van der Waals surface area (Å²) in [4.78, 5) is 48.6. The minimum Gasteiger partial charge on any atom is -0.370 e. The molecule has 274 valence electrons. The summed E-state index contributed by atoms with van der Waals surface area (Å²) in [5.74, 6) is -1.48. The number of nitrogens with zero attached hydrogens (tertiary/aromatic N) is 2. The number of nitrogens with two attached hydrogens (primary N) is 5. The fraction of sp³-hybridized carbons (Fsp3) is 0.308. The predicted octanol–water partition coefficient (Wildman–Crippen LogP) is 1.81. The van der Waals surface area contributed by atoms with Gasteiger partial charge in [0.1, 0.15) is 12.1 Å². The van der Waals surface area contributed by atoms with Crippen LogP contribution in [0.4, 0.5) is 0 Å². The maximum Gasteiger partial charge on any atom is 0.243 e. The summed E-state index contributed by atoms with van der Waals surface area (Å²) in [5, 5.41) is 10.9. The molecule has 4 rings (SSSR count). The van der Waals surface area contributed by atoms with Crippen molar-refractivity contribution in [3.8, 4) is 11.1 Å². The Labute approximate surface area is 304 Å². The minimum atomic E-state index is -1.03. The molecule has 0 fully saturated rings. The summed E-state index contributed by atoms with van der Waals surface area (Å²) < 4.78 is 0. The standard InChI is InChI=1S/C39H50N10O3/c40-32(15-7-22-46-38(41)42)35(50)49-34(25-27-17-19-29(20-18-27)31-14-6-12-28-11-4-5-13-30(28)31)37(52)48-33(16-8-23-47-39(43)44)36(51)45-24-21-26-9-2-1-3-10-26/h1-6,9-14,17-20,32-34H,7-8,15-16,21-25,40H2,(H,45,51)(H,48,52)(H,49,50)(H4,41,42,46)(H4,43,44,47). The van der Waals surface area contributed by atoms with Crippen LogP contribution in [0.25, 0.3) is 21.9 Å². The van der Waals surface area contributed by atoms with Crippen molar-refractivity contribution in [3.63, 3.8) is 0 Å². The number of hydrogen-bond acceptors (Lipinski definition) is 6. The number of amides is 3. The van der Waals surface area contributed by atoms with Crippen molar-refractivity contribution in [2.75, 3.05) is 19.6 Å². The summed E-state index contributed by atoms with van der Waals surface area (Å²) in [6.07, 6.45) is 2.25. The zero-order chi connectivity index (χ0) is 37.3. The molecule has 0 saturated carbocycles. The van der Waals surface area contributed by atoms with Crippen LogP contribution in [0.1, 0.15) is 36.8 Å². The average molecular weight is 707 g/mol. The van der Waals surface area contributed by atoms with Crippen LogP contribution in [-0.2, 0) is 27.2 Å². The van der Waals surface area contributed by atoms with E-state index in [0.717, 1.165) is 33.0 Å². The van der Waals surface area contributed by atoms with E-state index in [1.807, 2.05) is 72.8 Å². The normalized spacial score (nSPS) is 12.6. The minimum absolute atomic E-state index is 0.0433. The van der Waals surface area contributed by atoms with Crippen LogP contribution in [0.3, 0.4) is 0 Å². The molecule has 52 heavy (non-hydrogen) atoms. The van der Waals surface area contributed by atoms with Gasteiger partial charge in [-0.25, -0.2) is 0 Å². The molecule has 0 aliphatic carbocycles. The van der Waals surface area contributed by atoms with Gasteiger partial charge < -0.3 is 44.6 Å². The Morgan fingerprint density at radius 2 is 1.23 bits per heavy atom. The van der Waals surface area contributed by atoms with Crippen molar-refractivity contribution in [2.24, 2.45) is 38.7 Å². The molecule has 0 aromatic heterocycles. The molecule has 0 spiro atoms. The fourth-order valence-corrected chi connectivity index (χ4v) is 5.81. The average Bonchev–Trinajstić information content (AvgIpc) is 3.14. The summed E-state index contributed by atoms with van der Waals surface area (Å²) in [6.45, 7) is 0.974. The second-order valence-corrected chi connectivity index (χ2v) is 12.6. The van der Waals surface area contributed by atoms with Crippen LogP contribution < -0.4 is 44.6 Å². The molecule has 13 heteroatoms. The Balaban J connectivity index is 1.51. The highest BCUT2D eigenvalue weighted by atomic mass is 16.2. The molecule has 13 nitrogen and oxygen atoms in total. The Hall–Kier alpha value is -5.95. The van der Waals surface area contributed by atoms with Gasteiger partial charge in [0, 0.05) is 26.1 Å². The van der Waals surface area contributed by atoms with Crippen molar-refractivity contribution in [3.05, 3.63) is 108 Å². The van der Waals surface area contributed by atoms with E-state index in [2.05, 4.69) is 50.2 Å². The van der Waals surface area contributed by atoms with E-state index in [1.54, 1.807) is 0 Å². The van der Waals surface area contributed by atoms with Crippen LogP contribution in [0, 0.1) is 0 Å². The fourth-order valence-electron chi connectivity index (χ4n) is 5.81. The third-order valence-corrected chi connectivity index (χ3v) is 8.57. The molecule has 13 N–H and O–H groups in total. The van der Waals surface area contributed by atoms with Gasteiger partial charge >= 0.3 is 0 Å². The number of benzene rings is 4. The number of carbonyl (C=O) groups excluding carboxylic acids is 3. The van der Waals surface area contributed by atoms with Crippen molar-refractivity contribution in [1.82, 2.24) is 16.0 Å². The first-order chi connectivity index (χ1) is 25.1. The van der Waals surface area contributed by atoms with Crippen LogP contribution >= 0.6 is 0 Å². The van der Waals surface area contributed by atoms with Crippen molar-refractivity contribution in [1.29, 1.82) is 0 Å². The quantitative estimate of drug-likeness (QED) is 0.0405. The van der Waals surface area contributed by atoms with E-state index in [9.17, 15) is 14.4 Å². The van der Waals surface area contributed by atoms with E-state index < -0.39 is 29.9 Å². The lowest BCUT2D eigenvalue weighted by atomic mass is 9.96. The molecule has 0 aliphatic heterocycles. The maximum atomic E-state index is 14.0. The molecule has 0 saturated heterocycles. The van der Waals surface area contributed by atoms with Crippen molar-refractivity contribution >= 4 is 40.4 Å². The smallest absolute Gasteiger partial charge is 0.243 e. The number of nitrogens with one attached hydrogen (secondary N) is 3. The van der Waals surface area contributed by atoms with Gasteiger partial charge in [0.2, 0.25) is 17.7 Å². The number of carbonyl (C=O) groups is 3. The molecule has 4 aromatic carbocycles. The Kier molecular flexibility index (Phi) is 15.0. The van der Waals surface area contributed by atoms with Gasteiger partial charge in [0.15, 0.2) is 11.9 Å². The number of fused-ring (bicyclic) bond motifs is 1. The molecule has 3 amide bonds. The zero-order valence-corrected chi connectivity index (χ0v) is 29.3. The molecule has 3 unspecified atom stereocenters. The highest BCUT2D eigenvalue weighted by Crippen LogP contribution is 2.29. The van der Waals surface area contributed by atoms with Gasteiger partial charge in [-0.1, -0.05) is 97.1 Å². The number of rotatable bonds is 19. The van der Waals surface area contributed by atoms with Crippen LogP contribution in [0.5, 0.6) is 0 Å². The molecule has 4 aromatic rings. The van der Waals surface area contributed by atoms with Gasteiger partial charge in [-0.3, -0.25) is 24.4 Å². The summed E-state index contributed by atoms with van der Waals surface area (Å²) in [6, 6.07) is 29.1. The lowest BCUT2D eigenvalue weighted by Gasteiger charge is -2.24. The third kappa shape index (κ3) is 12.4. The second kappa shape index (κ2) is 20.0. The lowest BCUT2D eigenvalue weighted by Crippen LogP contribution is -2.56. The number of aliphatic imine (C=N–C) groups is 2. The van der Waals surface area contributed by atoms with Gasteiger partial charge in [-0.05, 0) is 65.1 Å². The van der Waals surface area contributed by atoms with Crippen molar-refractivity contribution in [2.45, 2.75) is 56.7 Å². The highest BCUT2D eigenvalue weighted by molar-refractivity contribution is 5.97. The van der Waals surface area contributed by atoms with E-state index in [4.69, 9.17) is 28.7 Å². The van der Waals surface area contributed by atoms with Crippen molar-refractivity contribution < 1.29 is 14.4 Å². The summed E-state index contributed by atoms with van der Waals surface area (Å²) >= 11 is 0. The Morgan fingerprint density at radius 3 is 1.92 bits per heavy atom. The second-order valence-electron chi connectivity index (χ2n) is 12.6. The first-order valence-corrected chi connectivity index (χ1v) is 17.5. The molecule has 0 heterocycles. The molecular formula is C39H50N10O3. The van der Waals surface area contributed by atoms with E-state index in [1.165, 1.54) is 0 Å². The van der Waals surface area contributed by atoms with Gasteiger partial charge in [-0.2, -0.15) is 0 Å². The van der Waals surface area contributed by atoms with Crippen LogP contribution in [-0.4, -0.2) is 67.4 Å². The summed E-state index contributed by atoms with van der Waals surface area (Å²) in [7, 11) is 0. The van der Waals surface area contributed by atoms with Crippen LogP contribution in [0.2, 0.25) is 0 Å². The van der Waals surface area contributed by atoms with E-state index in [0.29, 0.717) is 38.8 Å². The lowest BCUT2D eigenvalue weighted by molar-refractivity contribution is -0.132. The number of hydrogen-bond donors (Lipinski definition) is 8. The van der Waals surface area contributed by atoms with Gasteiger partial charge in [-0.15, -0.1) is 0 Å². The van der Waals surface area contributed by atoms with Gasteiger partial charge in [0.05, 0.1) is 6.04 Å². The van der Waals surface area contributed by atoms with Crippen LogP contribution in [0.15, 0.2) is 107 Å². The summed E-state index contributed by atoms with van der Waals surface area (Å²) in [5.41, 5.74) is 32.0. The monoisotopic (exact) mass is 706 g/mol. The molecule has 0 aliphatic rings. The van der Waals surface area contributed by atoms with Gasteiger partial charge in [0.25, 0.3) is 0 Å². The topological polar surface area (TPSA) is 242 Å². The SMILES string of the molecule is NC(N)=NCCCC(N)C(=O)NC(Cc1ccc(-c2cccc3ccccc23)cc1)C(=O)NC(CCCN=C(N)N)C(=O)NCCc1ccccc1. The van der Waals surface area contributed by atoms with E-state index >= 15 is 0 Å². The Morgan fingerprint density at radius 1 is 0.615 bits per heavy atom. The predicted molar refractivity (Wildman–Crippen MR) is 208 cm³/mol. The largest absolute Gasteiger partial charge is 0.370 e. The first-order valence-electron chi connectivity index (χ1n) is 17.5. The third-order valence-electron chi connectivity index (χ3n) is 8.57. The Bertz CT molecular complexity index is 1820. The molecule has 0 bridgehead atoms. The first kappa shape index (κ1) is 38.8. The number of guanidine groups is 2. The molecule has 3 atom stereocenters. The molecule has 0 radical (unpaired) electrons. The maximum absolute atomic E-state index is 14.0.